The van der Waals surface area contributed by atoms with Gasteiger partial charge in [-0.15, -0.1) is 0 Å². The lowest BCUT2D eigenvalue weighted by Crippen LogP contribution is -2.40. The number of carbonyl (C=O) groups is 2. The maximum absolute atomic E-state index is 13.5. The average Bonchev–Trinajstić information content (AvgIpc) is 3.24. The van der Waals surface area contributed by atoms with E-state index in [1.54, 1.807) is 31.3 Å². The van der Waals surface area contributed by atoms with Crippen LogP contribution in [0.2, 0.25) is 0 Å². The zero-order chi connectivity index (χ0) is 23.7. The topological polar surface area (TPSA) is 115 Å². The predicted molar refractivity (Wildman–Crippen MR) is 121 cm³/mol. The van der Waals surface area contributed by atoms with Gasteiger partial charge < -0.3 is 24.5 Å². The third kappa shape index (κ3) is 3.79. The molecule has 0 radical (unpaired) electrons. The number of carbonyl (C=O) groups excluding carboxylic acids is 2. The highest BCUT2D eigenvalue weighted by molar-refractivity contribution is 6.09. The lowest BCUT2D eigenvalue weighted by Gasteiger charge is -2.31. The second kappa shape index (κ2) is 8.92. The Morgan fingerprint density at radius 2 is 2.12 bits per heavy atom. The van der Waals surface area contributed by atoms with Crippen LogP contribution in [-0.4, -0.2) is 67.5 Å². The summed E-state index contributed by atoms with van der Waals surface area (Å²) in [5, 5.41) is 23.2. The number of nitrogens with zero attached hydrogens (tertiary/aromatic N) is 4. The Hall–Kier alpha value is -3.90. The number of fused-ring (bicyclic) bond motifs is 1. The lowest BCUT2D eigenvalue weighted by atomic mass is 9.93. The summed E-state index contributed by atoms with van der Waals surface area (Å²) < 4.78 is 5.80. The molecule has 0 bridgehead atoms. The molecule has 2 heterocycles. The van der Waals surface area contributed by atoms with E-state index in [1.807, 2.05) is 13.0 Å². The van der Waals surface area contributed by atoms with Crippen molar-refractivity contribution >= 4 is 23.2 Å². The minimum atomic E-state index is -0.431. The number of oxime groups is 1. The van der Waals surface area contributed by atoms with Crippen molar-refractivity contribution in [2.75, 3.05) is 38.8 Å². The second-order valence-corrected chi connectivity index (χ2v) is 7.98. The van der Waals surface area contributed by atoms with E-state index in [0.29, 0.717) is 40.3 Å². The number of rotatable bonds is 4. The summed E-state index contributed by atoms with van der Waals surface area (Å²) in [7, 11) is 3.07. The average molecular weight is 448 g/mol. The minimum absolute atomic E-state index is 0.190. The fraction of sp³-hybridized carbons (Fsp3) is 0.333. The van der Waals surface area contributed by atoms with Crippen LogP contribution in [0.5, 0.6) is 5.75 Å². The van der Waals surface area contributed by atoms with Crippen molar-refractivity contribution in [3.8, 4) is 22.9 Å². The van der Waals surface area contributed by atoms with Crippen LogP contribution >= 0.6 is 0 Å². The quantitative estimate of drug-likeness (QED) is 0.717. The Morgan fingerprint density at radius 1 is 1.33 bits per heavy atom. The molecule has 2 aromatic rings. The highest BCUT2D eigenvalue weighted by atomic mass is 16.6. The van der Waals surface area contributed by atoms with Crippen LogP contribution in [0.25, 0.3) is 11.1 Å². The van der Waals surface area contributed by atoms with Crippen molar-refractivity contribution in [3.05, 3.63) is 47.0 Å². The molecule has 2 aliphatic rings. The molecule has 1 fully saturated rings. The van der Waals surface area contributed by atoms with Crippen molar-refractivity contribution in [1.29, 1.82) is 5.26 Å². The molecule has 9 nitrogen and oxygen atoms in total. The highest BCUT2D eigenvalue weighted by Gasteiger charge is 2.37. The van der Waals surface area contributed by atoms with E-state index < -0.39 is 6.04 Å². The molecule has 0 aromatic heterocycles. The summed E-state index contributed by atoms with van der Waals surface area (Å²) in [6.07, 6.45) is 0.412. The predicted octanol–water partition coefficient (Wildman–Crippen LogP) is 2.10. The first kappa shape index (κ1) is 22.3. The van der Waals surface area contributed by atoms with Gasteiger partial charge in [0.2, 0.25) is 0 Å². The molecule has 4 rings (SSSR count). The van der Waals surface area contributed by atoms with Crippen molar-refractivity contribution < 1.29 is 24.3 Å². The first-order valence-electron chi connectivity index (χ1n) is 10.5. The van der Waals surface area contributed by atoms with Gasteiger partial charge in [-0.1, -0.05) is 23.4 Å². The number of ether oxygens (including phenoxy) is 1. The molecule has 0 saturated carbocycles. The molecule has 2 aliphatic heterocycles. The number of nitriles is 1. The minimum Gasteiger partial charge on any atom is -0.481 e. The van der Waals surface area contributed by atoms with E-state index in [2.05, 4.69) is 11.2 Å². The molecule has 33 heavy (non-hydrogen) atoms. The summed E-state index contributed by atoms with van der Waals surface area (Å²) in [6, 6.07) is 10.6. The van der Waals surface area contributed by atoms with Gasteiger partial charge in [0.15, 0.2) is 12.4 Å². The fourth-order valence-corrected chi connectivity index (χ4v) is 4.36. The van der Waals surface area contributed by atoms with Crippen LogP contribution in [-0.2, 0) is 9.63 Å². The summed E-state index contributed by atoms with van der Waals surface area (Å²) in [5.74, 6) is -0.273. The Bertz CT molecular complexity index is 1200. The van der Waals surface area contributed by atoms with Crippen molar-refractivity contribution in [3.63, 3.8) is 0 Å². The van der Waals surface area contributed by atoms with Gasteiger partial charge in [-0.25, -0.2) is 0 Å². The van der Waals surface area contributed by atoms with Gasteiger partial charge in [0, 0.05) is 19.0 Å². The van der Waals surface area contributed by atoms with E-state index in [-0.39, 0.29) is 31.6 Å². The smallest absolute Gasteiger partial charge is 0.264 e. The van der Waals surface area contributed by atoms with Gasteiger partial charge in [0.1, 0.15) is 7.11 Å². The van der Waals surface area contributed by atoms with Crippen molar-refractivity contribution in [2.24, 2.45) is 5.16 Å². The maximum atomic E-state index is 13.5. The van der Waals surface area contributed by atoms with Crippen LogP contribution < -0.4 is 9.64 Å². The van der Waals surface area contributed by atoms with Crippen LogP contribution in [0.15, 0.2) is 35.5 Å². The molecule has 1 N–H and O–H groups in total. The zero-order valence-corrected chi connectivity index (χ0v) is 18.7. The number of hydrogen-bond donors (Lipinski definition) is 1. The number of anilines is 1. The van der Waals surface area contributed by atoms with Crippen molar-refractivity contribution in [2.45, 2.75) is 19.4 Å². The lowest BCUT2D eigenvalue weighted by molar-refractivity contribution is -0.121. The molecule has 2 aromatic carbocycles. The van der Waals surface area contributed by atoms with Gasteiger partial charge in [0.25, 0.3) is 11.8 Å². The number of amides is 2. The van der Waals surface area contributed by atoms with Crippen LogP contribution in [0.4, 0.5) is 5.69 Å². The number of aliphatic hydroxyl groups is 1. The number of likely N-dealkylation sites (N-methyl/N-ethyl adjacent to an activating group) is 1. The Balaban J connectivity index is 1.85. The molecule has 1 atom stereocenters. The largest absolute Gasteiger partial charge is 0.481 e. The van der Waals surface area contributed by atoms with Crippen LogP contribution in [0.1, 0.15) is 27.9 Å². The Labute approximate surface area is 191 Å². The van der Waals surface area contributed by atoms with Gasteiger partial charge in [-0.3, -0.25) is 9.59 Å². The van der Waals surface area contributed by atoms with E-state index in [4.69, 9.17) is 9.57 Å². The highest BCUT2D eigenvalue weighted by Crippen LogP contribution is 2.44. The third-order valence-corrected chi connectivity index (χ3v) is 6.11. The SMILES string of the molecule is CO/N=C1/CC(CO)N(C(=O)c2ccc(-c3cccc(C#N)c3C)c3c2OCC(=O)N3C)C1. The number of likely N-dealkylation sites (tertiary alicyclic amines) is 1. The van der Waals surface area contributed by atoms with Crippen LogP contribution in [0.3, 0.4) is 0 Å². The van der Waals surface area contributed by atoms with Crippen LogP contribution in [0, 0.1) is 18.3 Å². The van der Waals surface area contributed by atoms with Gasteiger partial charge >= 0.3 is 0 Å². The summed E-state index contributed by atoms with van der Waals surface area (Å²) >= 11 is 0. The first-order chi connectivity index (χ1) is 15.9. The second-order valence-electron chi connectivity index (χ2n) is 7.98. The molecular formula is C24H24N4O5. The Morgan fingerprint density at radius 3 is 2.82 bits per heavy atom. The molecule has 9 heteroatoms. The van der Waals surface area contributed by atoms with E-state index in [9.17, 15) is 20.0 Å². The number of hydrogen-bond acceptors (Lipinski definition) is 7. The molecule has 2 amide bonds. The third-order valence-electron chi connectivity index (χ3n) is 6.11. The standard InChI is InChI=1S/C24H24N4O5/c1-14-15(10-25)5-4-6-18(14)19-7-8-20(23-22(19)27(2)21(30)13-33-23)24(31)28-11-16(26-32-3)9-17(28)12-29/h4-8,17,29H,9,11-13H2,1-3H3/b26-16-. The van der Waals surface area contributed by atoms with E-state index in [0.717, 1.165) is 11.1 Å². The summed E-state index contributed by atoms with van der Waals surface area (Å²) in [4.78, 5) is 33.9. The molecule has 0 aliphatic carbocycles. The summed E-state index contributed by atoms with van der Waals surface area (Å²) in [6.45, 7) is 1.67. The molecule has 170 valence electrons. The fourth-order valence-electron chi connectivity index (χ4n) is 4.36. The summed E-state index contributed by atoms with van der Waals surface area (Å²) in [5.41, 5.74) is 4.19. The number of aliphatic hydroxyl groups excluding tert-OH is 1. The van der Waals surface area contributed by atoms with Gasteiger partial charge in [-0.05, 0) is 30.2 Å². The van der Waals surface area contributed by atoms with Gasteiger partial charge in [-0.2, -0.15) is 5.26 Å². The molecule has 1 saturated heterocycles. The molecular weight excluding hydrogens is 424 g/mol. The molecule has 0 spiro atoms. The van der Waals surface area contributed by atoms with Gasteiger partial charge in [0.05, 0.1) is 47.8 Å². The first-order valence-corrected chi connectivity index (χ1v) is 10.5. The Kier molecular flexibility index (Phi) is 6.03. The monoisotopic (exact) mass is 448 g/mol. The van der Waals surface area contributed by atoms with Crippen molar-refractivity contribution in [1.82, 2.24) is 4.90 Å². The van der Waals surface area contributed by atoms with E-state index >= 15 is 0 Å². The normalized spacial score (nSPS) is 18.7. The molecule has 1 unspecified atom stereocenters. The zero-order valence-electron chi connectivity index (χ0n) is 18.7. The number of benzene rings is 2. The maximum Gasteiger partial charge on any atom is 0.264 e. The van der Waals surface area contributed by atoms with E-state index in [1.165, 1.54) is 16.9 Å².